The van der Waals surface area contributed by atoms with Gasteiger partial charge in [0.25, 0.3) is 0 Å². The van der Waals surface area contributed by atoms with Gasteiger partial charge >= 0.3 is 6.09 Å². The number of cyclic esters (lactones) is 1. The first-order chi connectivity index (χ1) is 9.21. The first kappa shape index (κ1) is 13.5. The Morgan fingerprint density at radius 2 is 2.21 bits per heavy atom. The van der Waals surface area contributed by atoms with E-state index in [0.29, 0.717) is 30.2 Å². The van der Waals surface area contributed by atoms with Crippen LogP contribution >= 0.6 is 0 Å². The number of aliphatic hydroxyl groups is 1. The molecule has 6 heteroatoms. The lowest BCUT2D eigenvalue weighted by Gasteiger charge is -2.34. The van der Waals surface area contributed by atoms with E-state index in [-0.39, 0.29) is 12.6 Å². The van der Waals surface area contributed by atoms with Crippen LogP contribution in [0.4, 0.5) is 10.5 Å². The molecule has 1 atom stereocenters. The third-order valence-corrected chi connectivity index (χ3v) is 3.10. The monoisotopic (exact) mass is 267 g/mol. The molecule has 0 radical (unpaired) electrons. The Hall–Kier alpha value is -1.95. The SMILES string of the molecule is COc1ccc(N2C(=O)OCCC2CO)c(OC)c1. The highest BCUT2D eigenvalue weighted by molar-refractivity contribution is 5.91. The molecule has 1 aromatic carbocycles. The summed E-state index contributed by atoms with van der Waals surface area (Å²) in [6.07, 6.45) is 0.103. The summed E-state index contributed by atoms with van der Waals surface area (Å²) in [5.74, 6) is 1.13. The molecular weight excluding hydrogens is 250 g/mol. The number of carbonyl (C=O) groups is 1. The van der Waals surface area contributed by atoms with Gasteiger partial charge in [-0.15, -0.1) is 0 Å². The maximum absolute atomic E-state index is 11.9. The minimum atomic E-state index is -0.478. The summed E-state index contributed by atoms with van der Waals surface area (Å²) in [5, 5.41) is 9.39. The smallest absolute Gasteiger partial charge is 0.414 e. The van der Waals surface area contributed by atoms with Crippen LogP contribution in [0.3, 0.4) is 0 Å². The second-order valence-corrected chi connectivity index (χ2v) is 4.15. The summed E-state index contributed by atoms with van der Waals surface area (Å²) in [6, 6.07) is 4.83. The molecular formula is C13H17NO5. The van der Waals surface area contributed by atoms with Crippen molar-refractivity contribution in [3.8, 4) is 11.5 Å². The second-order valence-electron chi connectivity index (χ2n) is 4.15. The standard InChI is InChI=1S/C13H17NO5/c1-17-10-3-4-11(12(7-10)18-2)14-9(8-15)5-6-19-13(14)16/h3-4,7,9,15H,5-6,8H2,1-2H3. The fourth-order valence-electron chi connectivity index (χ4n) is 2.08. The maximum atomic E-state index is 11.9. The average Bonchev–Trinajstić information content (AvgIpc) is 2.46. The highest BCUT2D eigenvalue weighted by Crippen LogP contribution is 2.35. The molecule has 19 heavy (non-hydrogen) atoms. The molecule has 1 saturated heterocycles. The van der Waals surface area contributed by atoms with Crippen LogP contribution < -0.4 is 14.4 Å². The predicted octanol–water partition coefficient (Wildman–Crippen LogP) is 1.41. The van der Waals surface area contributed by atoms with Gasteiger partial charge in [-0.3, -0.25) is 4.90 Å². The summed E-state index contributed by atoms with van der Waals surface area (Å²) >= 11 is 0. The van der Waals surface area contributed by atoms with Crippen molar-refractivity contribution < 1.29 is 24.1 Å². The molecule has 0 aliphatic carbocycles. The Labute approximate surface area is 111 Å². The Bertz CT molecular complexity index is 462. The molecule has 1 heterocycles. The van der Waals surface area contributed by atoms with E-state index >= 15 is 0 Å². The van der Waals surface area contributed by atoms with E-state index in [1.165, 1.54) is 12.0 Å². The van der Waals surface area contributed by atoms with Crippen LogP contribution in [0.2, 0.25) is 0 Å². The van der Waals surface area contributed by atoms with Gasteiger partial charge < -0.3 is 19.3 Å². The van der Waals surface area contributed by atoms with Gasteiger partial charge in [0, 0.05) is 12.5 Å². The van der Waals surface area contributed by atoms with Gasteiger partial charge in [0.1, 0.15) is 11.5 Å². The van der Waals surface area contributed by atoms with E-state index in [1.54, 1.807) is 25.3 Å². The molecule has 1 unspecified atom stereocenters. The van der Waals surface area contributed by atoms with E-state index < -0.39 is 6.09 Å². The Morgan fingerprint density at radius 3 is 2.84 bits per heavy atom. The lowest BCUT2D eigenvalue weighted by Crippen LogP contribution is -2.47. The topological polar surface area (TPSA) is 68.2 Å². The molecule has 1 amide bonds. The Kier molecular flexibility index (Phi) is 4.11. The largest absolute Gasteiger partial charge is 0.497 e. The molecule has 1 fully saturated rings. The zero-order valence-corrected chi connectivity index (χ0v) is 11.0. The first-order valence-electron chi connectivity index (χ1n) is 6.00. The number of rotatable bonds is 4. The normalized spacial score (nSPS) is 19.0. The number of methoxy groups -OCH3 is 2. The zero-order chi connectivity index (χ0) is 13.8. The summed E-state index contributed by atoms with van der Waals surface area (Å²) in [7, 11) is 3.07. The summed E-state index contributed by atoms with van der Waals surface area (Å²) in [4.78, 5) is 13.3. The van der Waals surface area contributed by atoms with Gasteiger partial charge in [-0.25, -0.2) is 4.79 Å². The highest BCUT2D eigenvalue weighted by Gasteiger charge is 2.32. The fourth-order valence-corrected chi connectivity index (χ4v) is 2.08. The summed E-state index contributed by atoms with van der Waals surface area (Å²) < 4.78 is 15.4. The molecule has 0 aromatic heterocycles. The van der Waals surface area contributed by atoms with Crippen molar-refractivity contribution >= 4 is 11.8 Å². The number of benzene rings is 1. The number of carbonyl (C=O) groups excluding carboxylic acids is 1. The molecule has 0 bridgehead atoms. The second kappa shape index (κ2) is 5.79. The van der Waals surface area contributed by atoms with Gasteiger partial charge in [0.05, 0.1) is 39.2 Å². The highest BCUT2D eigenvalue weighted by atomic mass is 16.6. The molecule has 0 spiro atoms. The van der Waals surface area contributed by atoms with E-state index in [4.69, 9.17) is 14.2 Å². The van der Waals surface area contributed by atoms with Crippen LogP contribution in [-0.4, -0.2) is 44.7 Å². The predicted molar refractivity (Wildman–Crippen MR) is 68.9 cm³/mol. The van der Waals surface area contributed by atoms with Crippen LogP contribution in [0.1, 0.15) is 6.42 Å². The van der Waals surface area contributed by atoms with Crippen LogP contribution in [0.5, 0.6) is 11.5 Å². The van der Waals surface area contributed by atoms with Crippen molar-refractivity contribution in [2.45, 2.75) is 12.5 Å². The van der Waals surface area contributed by atoms with Crippen molar-refractivity contribution in [3.05, 3.63) is 18.2 Å². The Morgan fingerprint density at radius 1 is 1.42 bits per heavy atom. The number of nitrogens with zero attached hydrogens (tertiary/aromatic N) is 1. The summed E-state index contributed by atoms with van der Waals surface area (Å²) in [5.41, 5.74) is 0.562. The summed E-state index contributed by atoms with van der Waals surface area (Å²) in [6.45, 7) is 0.198. The number of aliphatic hydroxyl groups excluding tert-OH is 1. The molecule has 104 valence electrons. The van der Waals surface area contributed by atoms with Crippen LogP contribution in [0, 0.1) is 0 Å². The van der Waals surface area contributed by atoms with E-state index in [1.807, 2.05) is 0 Å². The van der Waals surface area contributed by atoms with E-state index in [9.17, 15) is 9.90 Å². The molecule has 1 aliphatic rings. The minimum absolute atomic E-state index is 0.121. The molecule has 0 saturated carbocycles. The third kappa shape index (κ3) is 2.58. The number of ether oxygens (including phenoxy) is 3. The number of hydrogen-bond acceptors (Lipinski definition) is 5. The van der Waals surface area contributed by atoms with Crippen molar-refractivity contribution in [2.75, 3.05) is 32.3 Å². The van der Waals surface area contributed by atoms with E-state index in [2.05, 4.69) is 0 Å². The van der Waals surface area contributed by atoms with Gasteiger partial charge in [0.15, 0.2) is 0 Å². The van der Waals surface area contributed by atoms with Gasteiger partial charge in [0.2, 0.25) is 0 Å². The van der Waals surface area contributed by atoms with Crippen LogP contribution in [0.15, 0.2) is 18.2 Å². The first-order valence-corrected chi connectivity index (χ1v) is 6.00. The van der Waals surface area contributed by atoms with Crippen molar-refractivity contribution in [1.82, 2.24) is 0 Å². The third-order valence-electron chi connectivity index (χ3n) is 3.10. The maximum Gasteiger partial charge on any atom is 0.414 e. The molecule has 1 N–H and O–H groups in total. The fraction of sp³-hybridized carbons (Fsp3) is 0.462. The molecule has 1 aromatic rings. The van der Waals surface area contributed by atoms with Gasteiger partial charge in [-0.1, -0.05) is 0 Å². The number of amides is 1. The minimum Gasteiger partial charge on any atom is -0.497 e. The van der Waals surface area contributed by atoms with E-state index in [0.717, 1.165) is 0 Å². The van der Waals surface area contributed by atoms with Crippen molar-refractivity contribution in [2.24, 2.45) is 0 Å². The quantitative estimate of drug-likeness (QED) is 0.893. The lowest BCUT2D eigenvalue weighted by molar-refractivity contribution is 0.115. The average molecular weight is 267 g/mol. The Balaban J connectivity index is 2.40. The number of anilines is 1. The van der Waals surface area contributed by atoms with Crippen LogP contribution in [0.25, 0.3) is 0 Å². The number of hydrogen-bond donors (Lipinski definition) is 1. The molecule has 6 nitrogen and oxygen atoms in total. The molecule has 2 rings (SSSR count). The van der Waals surface area contributed by atoms with Crippen molar-refractivity contribution in [1.29, 1.82) is 0 Å². The van der Waals surface area contributed by atoms with Gasteiger partial charge in [-0.2, -0.15) is 0 Å². The molecule has 1 aliphatic heterocycles. The lowest BCUT2D eigenvalue weighted by atomic mass is 10.1. The zero-order valence-electron chi connectivity index (χ0n) is 11.0. The van der Waals surface area contributed by atoms with Crippen LogP contribution in [-0.2, 0) is 4.74 Å². The van der Waals surface area contributed by atoms with Crippen molar-refractivity contribution in [3.63, 3.8) is 0 Å². The van der Waals surface area contributed by atoms with Gasteiger partial charge in [-0.05, 0) is 12.1 Å².